The molecule has 1 saturated carbocycles. The Labute approximate surface area is 121 Å². The molecule has 1 amide bonds. The van der Waals surface area contributed by atoms with Crippen molar-refractivity contribution in [1.82, 2.24) is 20.0 Å². The fourth-order valence-corrected chi connectivity index (χ4v) is 2.14. The number of nitrogens with one attached hydrogen (secondary N) is 2. The molecule has 3 rings (SSSR count). The number of nitrogens with zero attached hydrogens (tertiary/aromatic N) is 3. The monoisotopic (exact) mass is 287 g/mol. The van der Waals surface area contributed by atoms with Crippen LogP contribution in [0.1, 0.15) is 43.1 Å². The third-order valence-electron chi connectivity index (χ3n) is 3.54. The third-order valence-corrected chi connectivity index (χ3v) is 3.54. The maximum absolute atomic E-state index is 12.2. The van der Waals surface area contributed by atoms with Gasteiger partial charge in [-0.1, -0.05) is 0 Å². The zero-order valence-corrected chi connectivity index (χ0v) is 12.0. The third kappa shape index (κ3) is 2.86. The molecular weight excluding hydrogens is 270 g/mol. The molecule has 0 spiro atoms. The van der Waals surface area contributed by atoms with E-state index in [-0.39, 0.29) is 11.5 Å². The van der Waals surface area contributed by atoms with Crippen molar-refractivity contribution in [2.75, 3.05) is 5.32 Å². The lowest BCUT2D eigenvalue weighted by molar-refractivity contribution is -0.119. The van der Waals surface area contributed by atoms with Crippen LogP contribution in [0.15, 0.2) is 23.0 Å². The van der Waals surface area contributed by atoms with Crippen molar-refractivity contribution in [3.05, 3.63) is 39.9 Å². The Morgan fingerprint density at radius 3 is 2.86 bits per heavy atom. The van der Waals surface area contributed by atoms with E-state index in [1.807, 2.05) is 6.92 Å². The summed E-state index contributed by atoms with van der Waals surface area (Å²) in [5.74, 6) is 0.556. The van der Waals surface area contributed by atoms with E-state index in [4.69, 9.17) is 0 Å². The van der Waals surface area contributed by atoms with Crippen LogP contribution in [0.3, 0.4) is 0 Å². The Balaban J connectivity index is 1.80. The zero-order chi connectivity index (χ0) is 15.0. The number of carbonyl (C=O) groups excluding carboxylic acids is 1. The maximum Gasteiger partial charge on any atom is 0.267 e. The van der Waals surface area contributed by atoms with E-state index in [1.54, 1.807) is 19.1 Å². The van der Waals surface area contributed by atoms with Crippen molar-refractivity contribution in [3.63, 3.8) is 0 Å². The van der Waals surface area contributed by atoms with Gasteiger partial charge in [0, 0.05) is 23.7 Å². The Morgan fingerprint density at radius 2 is 2.24 bits per heavy atom. The van der Waals surface area contributed by atoms with Crippen molar-refractivity contribution in [2.45, 2.75) is 38.6 Å². The van der Waals surface area contributed by atoms with Gasteiger partial charge in [-0.2, -0.15) is 10.2 Å². The molecular formula is C14H17N5O2. The highest BCUT2D eigenvalue weighted by Gasteiger charge is 2.27. The minimum Gasteiger partial charge on any atom is -0.307 e. The maximum atomic E-state index is 12.2. The Hall–Kier alpha value is -2.44. The molecule has 2 aromatic heterocycles. The summed E-state index contributed by atoms with van der Waals surface area (Å²) >= 11 is 0. The smallest absolute Gasteiger partial charge is 0.267 e. The molecule has 0 radical (unpaired) electrons. The van der Waals surface area contributed by atoms with Gasteiger partial charge in [0.2, 0.25) is 5.91 Å². The molecule has 2 N–H and O–H groups in total. The average Bonchev–Trinajstić information content (AvgIpc) is 3.22. The molecule has 0 unspecified atom stereocenters. The first-order chi connectivity index (χ1) is 10.0. The van der Waals surface area contributed by atoms with Gasteiger partial charge in [0.25, 0.3) is 5.56 Å². The number of carbonyl (C=O) groups is 1. The van der Waals surface area contributed by atoms with Gasteiger partial charge >= 0.3 is 0 Å². The number of aromatic amines is 1. The lowest BCUT2D eigenvalue weighted by Crippen LogP contribution is -2.33. The Kier molecular flexibility index (Phi) is 3.32. The highest BCUT2D eigenvalue weighted by atomic mass is 16.2. The first kappa shape index (κ1) is 13.5. The second kappa shape index (κ2) is 5.16. The van der Waals surface area contributed by atoms with Gasteiger partial charge in [0.1, 0.15) is 6.04 Å². The minimum absolute atomic E-state index is 0.278. The molecule has 7 nitrogen and oxygen atoms in total. The Bertz CT molecular complexity index is 729. The van der Waals surface area contributed by atoms with E-state index in [2.05, 4.69) is 20.6 Å². The van der Waals surface area contributed by atoms with E-state index in [0.717, 1.165) is 24.2 Å². The number of aromatic nitrogens is 4. The van der Waals surface area contributed by atoms with Crippen LogP contribution in [0.5, 0.6) is 0 Å². The van der Waals surface area contributed by atoms with Gasteiger partial charge < -0.3 is 5.32 Å². The van der Waals surface area contributed by atoms with Crippen LogP contribution < -0.4 is 10.9 Å². The van der Waals surface area contributed by atoms with E-state index < -0.39 is 6.04 Å². The first-order valence-corrected chi connectivity index (χ1v) is 6.97. The number of aryl methyl sites for hydroxylation is 1. The minimum atomic E-state index is -0.687. The fraction of sp³-hybridized carbons (Fsp3) is 0.429. The summed E-state index contributed by atoms with van der Waals surface area (Å²) in [6, 6.07) is 4.26. The first-order valence-electron chi connectivity index (χ1n) is 6.97. The van der Waals surface area contributed by atoms with Gasteiger partial charge in [-0.3, -0.25) is 14.7 Å². The predicted octanol–water partition coefficient (Wildman–Crippen LogP) is 1.35. The SMILES string of the molecule is Cc1cc(NC(=O)[C@@H](C)n2nc(C3CC3)ccc2=O)n[nH]1. The number of hydrogen-bond donors (Lipinski definition) is 2. The van der Waals surface area contributed by atoms with Gasteiger partial charge in [0.15, 0.2) is 5.82 Å². The topological polar surface area (TPSA) is 92.7 Å². The van der Waals surface area contributed by atoms with Crippen LogP contribution in [0, 0.1) is 6.92 Å². The molecule has 0 aromatic carbocycles. The van der Waals surface area contributed by atoms with Crippen molar-refractivity contribution < 1.29 is 4.79 Å². The molecule has 2 aromatic rings. The molecule has 1 fully saturated rings. The number of anilines is 1. The number of H-pyrrole nitrogens is 1. The summed E-state index contributed by atoms with van der Waals surface area (Å²) in [5, 5.41) is 13.7. The number of amides is 1. The molecule has 0 saturated heterocycles. The van der Waals surface area contributed by atoms with Gasteiger partial charge in [-0.25, -0.2) is 4.68 Å². The van der Waals surface area contributed by atoms with Crippen LogP contribution >= 0.6 is 0 Å². The number of rotatable bonds is 4. The van der Waals surface area contributed by atoms with Gasteiger partial charge in [0.05, 0.1) is 5.69 Å². The van der Waals surface area contributed by atoms with Crippen LogP contribution in [-0.4, -0.2) is 25.9 Å². The van der Waals surface area contributed by atoms with Crippen molar-refractivity contribution in [2.24, 2.45) is 0 Å². The summed E-state index contributed by atoms with van der Waals surface area (Å²) < 4.78 is 1.24. The molecule has 110 valence electrons. The molecule has 1 aliphatic rings. The highest BCUT2D eigenvalue weighted by Crippen LogP contribution is 2.38. The van der Waals surface area contributed by atoms with Crippen LogP contribution in [0.2, 0.25) is 0 Å². The normalized spacial score (nSPS) is 15.7. The van der Waals surface area contributed by atoms with Gasteiger partial charge in [-0.15, -0.1) is 0 Å². The molecule has 1 atom stereocenters. The predicted molar refractivity (Wildman–Crippen MR) is 77.1 cm³/mol. The molecule has 1 aliphatic carbocycles. The summed E-state index contributed by atoms with van der Waals surface area (Å²) in [7, 11) is 0. The quantitative estimate of drug-likeness (QED) is 0.887. The standard InChI is InChI=1S/C14H17N5O2/c1-8-7-12(17-16-8)15-14(21)9(2)19-13(20)6-5-11(18-19)10-3-4-10/h5-7,9-10H,3-4H2,1-2H3,(H2,15,16,17,21)/t9-/m1/s1. The van der Waals surface area contributed by atoms with Crippen molar-refractivity contribution in [3.8, 4) is 0 Å². The second-order valence-corrected chi connectivity index (χ2v) is 5.42. The summed E-state index contributed by atoms with van der Waals surface area (Å²) in [6.45, 7) is 3.50. The molecule has 7 heteroatoms. The van der Waals surface area contributed by atoms with Crippen LogP contribution in [0.25, 0.3) is 0 Å². The summed E-state index contributed by atoms with van der Waals surface area (Å²) in [6.07, 6.45) is 2.19. The van der Waals surface area contributed by atoms with Crippen molar-refractivity contribution in [1.29, 1.82) is 0 Å². The Morgan fingerprint density at radius 1 is 1.48 bits per heavy atom. The number of hydrogen-bond acceptors (Lipinski definition) is 4. The van der Waals surface area contributed by atoms with E-state index in [1.165, 1.54) is 10.7 Å². The zero-order valence-electron chi connectivity index (χ0n) is 12.0. The average molecular weight is 287 g/mol. The van der Waals surface area contributed by atoms with Crippen molar-refractivity contribution >= 4 is 11.7 Å². The molecule has 0 bridgehead atoms. The van der Waals surface area contributed by atoms with E-state index in [0.29, 0.717) is 11.7 Å². The lowest BCUT2D eigenvalue weighted by atomic mass is 10.2. The summed E-state index contributed by atoms with van der Waals surface area (Å²) in [5.41, 5.74) is 1.45. The molecule has 21 heavy (non-hydrogen) atoms. The largest absolute Gasteiger partial charge is 0.307 e. The van der Waals surface area contributed by atoms with E-state index >= 15 is 0 Å². The van der Waals surface area contributed by atoms with E-state index in [9.17, 15) is 9.59 Å². The fourth-order valence-electron chi connectivity index (χ4n) is 2.14. The molecule has 0 aliphatic heterocycles. The lowest BCUT2D eigenvalue weighted by Gasteiger charge is -2.13. The van der Waals surface area contributed by atoms with Gasteiger partial charge in [-0.05, 0) is 32.8 Å². The molecule has 2 heterocycles. The van der Waals surface area contributed by atoms with Crippen LogP contribution in [0.4, 0.5) is 5.82 Å². The van der Waals surface area contributed by atoms with Crippen LogP contribution in [-0.2, 0) is 4.79 Å². The summed E-state index contributed by atoms with van der Waals surface area (Å²) in [4.78, 5) is 24.1. The highest BCUT2D eigenvalue weighted by molar-refractivity contribution is 5.92. The second-order valence-electron chi connectivity index (χ2n) is 5.42.